The van der Waals surface area contributed by atoms with Crippen molar-refractivity contribution in [3.63, 3.8) is 0 Å². The molecule has 1 N–H and O–H groups in total. The van der Waals surface area contributed by atoms with Gasteiger partial charge in [0.15, 0.2) is 0 Å². The van der Waals surface area contributed by atoms with Crippen LogP contribution in [0.5, 0.6) is 5.75 Å². The lowest BCUT2D eigenvalue weighted by Crippen LogP contribution is -2.46. The van der Waals surface area contributed by atoms with Gasteiger partial charge in [-0.25, -0.2) is 0 Å². The number of hydrogen-bond acceptors (Lipinski definition) is 3. The van der Waals surface area contributed by atoms with Crippen molar-refractivity contribution in [3.8, 4) is 5.75 Å². The zero-order valence-corrected chi connectivity index (χ0v) is 11.8. The molecule has 1 aliphatic carbocycles. The SMILES string of the molecule is CN(C(=O)c1ccccc1OC(F)F)C1CCCCC1O. The van der Waals surface area contributed by atoms with Crippen molar-refractivity contribution in [1.82, 2.24) is 4.90 Å². The van der Waals surface area contributed by atoms with E-state index in [1.807, 2.05) is 0 Å². The van der Waals surface area contributed by atoms with E-state index in [-0.39, 0.29) is 17.4 Å². The molecule has 1 amide bonds. The summed E-state index contributed by atoms with van der Waals surface area (Å²) >= 11 is 0. The summed E-state index contributed by atoms with van der Waals surface area (Å²) in [6.07, 6.45) is 2.66. The van der Waals surface area contributed by atoms with E-state index in [4.69, 9.17) is 0 Å². The summed E-state index contributed by atoms with van der Waals surface area (Å²) in [7, 11) is 1.58. The molecule has 0 aliphatic heterocycles. The summed E-state index contributed by atoms with van der Waals surface area (Å²) in [6.45, 7) is -2.98. The fourth-order valence-corrected chi connectivity index (χ4v) is 2.73. The van der Waals surface area contributed by atoms with Gasteiger partial charge in [-0.05, 0) is 25.0 Å². The first-order valence-corrected chi connectivity index (χ1v) is 6.99. The number of likely N-dealkylation sites (N-methyl/N-ethyl adjacent to an activating group) is 1. The van der Waals surface area contributed by atoms with Crippen LogP contribution in [0.1, 0.15) is 36.0 Å². The highest BCUT2D eigenvalue weighted by atomic mass is 19.3. The van der Waals surface area contributed by atoms with Gasteiger partial charge in [0, 0.05) is 7.05 Å². The van der Waals surface area contributed by atoms with Crippen LogP contribution in [-0.4, -0.2) is 41.7 Å². The van der Waals surface area contributed by atoms with Crippen LogP contribution >= 0.6 is 0 Å². The lowest BCUT2D eigenvalue weighted by Gasteiger charge is -2.35. The third kappa shape index (κ3) is 3.69. The van der Waals surface area contributed by atoms with Crippen LogP contribution in [0.3, 0.4) is 0 Å². The van der Waals surface area contributed by atoms with E-state index >= 15 is 0 Å². The largest absolute Gasteiger partial charge is 0.434 e. The molecule has 21 heavy (non-hydrogen) atoms. The number of benzene rings is 1. The van der Waals surface area contributed by atoms with Crippen LogP contribution < -0.4 is 4.74 Å². The molecule has 0 bridgehead atoms. The Morgan fingerprint density at radius 1 is 1.33 bits per heavy atom. The smallest absolute Gasteiger partial charge is 0.387 e. The quantitative estimate of drug-likeness (QED) is 0.930. The van der Waals surface area contributed by atoms with Gasteiger partial charge in [0.25, 0.3) is 5.91 Å². The van der Waals surface area contributed by atoms with E-state index in [1.165, 1.54) is 23.1 Å². The average Bonchev–Trinajstić information content (AvgIpc) is 2.46. The van der Waals surface area contributed by atoms with Crippen LogP contribution in [0.4, 0.5) is 8.78 Å². The summed E-state index contributed by atoms with van der Waals surface area (Å²) in [5, 5.41) is 10.0. The highest BCUT2D eigenvalue weighted by molar-refractivity contribution is 5.97. The number of aliphatic hydroxyl groups is 1. The number of aliphatic hydroxyl groups excluding tert-OH is 1. The Bertz CT molecular complexity index is 496. The third-order valence-electron chi connectivity index (χ3n) is 3.85. The molecule has 116 valence electrons. The number of hydrogen-bond donors (Lipinski definition) is 1. The van der Waals surface area contributed by atoms with Crippen molar-refractivity contribution in [2.45, 2.75) is 44.4 Å². The summed E-state index contributed by atoms with van der Waals surface area (Å²) in [5.74, 6) is -0.563. The highest BCUT2D eigenvalue weighted by Crippen LogP contribution is 2.26. The molecule has 1 aromatic carbocycles. The molecule has 1 aromatic rings. The Labute approximate surface area is 122 Å². The molecular weight excluding hydrogens is 280 g/mol. The van der Waals surface area contributed by atoms with Crippen LogP contribution in [0, 0.1) is 0 Å². The van der Waals surface area contributed by atoms with Crippen LogP contribution in [0.2, 0.25) is 0 Å². The maximum Gasteiger partial charge on any atom is 0.387 e. The van der Waals surface area contributed by atoms with Gasteiger partial charge >= 0.3 is 6.61 Å². The first-order valence-electron chi connectivity index (χ1n) is 6.99. The predicted molar refractivity (Wildman–Crippen MR) is 73.4 cm³/mol. The van der Waals surface area contributed by atoms with Gasteiger partial charge in [-0.2, -0.15) is 8.78 Å². The number of carbonyl (C=O) groups is 1. The van der Waals surface area contributed by atoms with Crippen molar-refractivity contribution >= 4 is 5.91 Å². The van der Waals surface area contributed by atoms with E-state index in [0.717, 1.165) is 12.8 Å². The van der Waals surface area contributed by atoms with Gasteiger partial charge in [-0.3, -0.25) is 4.79 Å². The summed E-state index contributed by atoms with van der Waals surface area (Å²) in [5.41, 5.74) is 0.0815. The van der Waals surface area contributed by atoms with E-state index in [2.05, 4.69) is 4.74 Å². The van der Waals surface area contributed by atoms with E-state index < -0.39 is 18.6 Å². The molecule has 6 heteroatoms. The van der Waals surface area contributed by atoms with Gasteiger partial charge in [0.1, 0.15) is 5.75 Å². The number of carbonyl (C=O) groups excluding carboxylic acids is 1. The molecule has 0 heterocycles. The summed E-state index contributed by atoms with van der Waals surface area (Å²) in [6, 6.07) is 5.63. The molecule has 0 aromatic heterocycles. The number of nitrogens with zero attached hydrogens (tertiary/aromatic N) is 1. The minimum absolute atomic E-state index is 0.0815. The van der Waals surface area contributed by atoms with Crippen molar-refractivity contribution < 1.29 is 23.4 Å². The van der Waals surface area contributed by atoms with Crippen LogP contribution in [0.25, 0.3) is 0 Å². The molecule has 2 rings (SSSR count). The van der Waals surface area contributed by atoms with Gasteiger partial charge < -0.3 is 14.7 Å². The Hall–Kier alpha value is -1.69. The molecule has 1 saturated carbocycles. The number of rotatable bonds is 4. The molecule has 0 saturated heterocycles. The maximum atomic E-state index is 12.5. The fraction of sp³-hybridized carbons (Fsp3) is 0.533. The fourth-order valence-electron chi connectivity index (χ4n) is 2.73. The maximum absolute atomic E-state index is 12.5. The number of halogens is 2. The second kappa shape index (κ2) is 6.85. The molecule has 0 spiro atoms. The molecule has 2 unspecified atom stereocenters. The first kappa shape index (κ1) is 15.7. The molecule has 0 radical (unpaired) electrons. The van der Waals surface area contributed by atoms with Crippen LogP contribution in [-0.2, 0) is 0 Å². The third-order valence-corrected chi connectivity index (χ3v) is 3.85. The second-order valence-corrected chi connectivity index (χ2v) is 5.21. The van der Waals surface area contributed by atoms with Gasteiger partial charge in [0.05, 0.1) is 17.7 Å². The number of ether oxygens (including phenoxy) is 1. The zero-order chi connectivity index (χ0) is 15.4. The van der Waals surface area contributed by atoms with Crippen LogP contribution in [0.15, 0.2) is 24.3 Å². The van der Waals surface area contributed by atoms with Gasteiger partial charge in [0.2, 0.25) is 0 Å². The van der Waals surface area contributed by atoms with Crippen molar-refractivity contribution in [2.24, 2.45) is 0 Å². The summed E-state index contributed by atoms with van der Waals surface area (Å²) in [4.78, 5) is 13.9. The Morgan fingerprint density at radius 3 is 2.67 bits per heavy atom. The minimum Gasteiger partial charge on any atom is -0.434 e. The molecule has 1 aliphatic rings. The predicted octanol–water partition coefficient (Wildman–Crippen LogP) is 2.66. The second-order valence-electron chi connectivity index (χ2n) is 5.21. The van der Waals surface area contributed by atoms with Crippen molar-refractivity contribution in [1.29, 1.82) is 0 Å². The summed E-state index contributed by atoms with van der Waals surface area (Å²) < 4.78 is 29.2. The monoisotopic (exact) mass is 299 g/mol. The minimum atomic E-state index is -2.98. The topological polar surface area (TPSA) is 49.8 Å². The molecule has 4 nitrogen and oxygen atoms in total. The Kier molecular flexibility index (Phi) is 5.12. The Balaban J connectivity index is 2.19. The number of para-hydroxylation sites is 1. The zero-order valence-electron chi connectivity index (χ0n) is 11.8. The lowest BCUT2D eigenvalue weighted by atomic mass is 9.91. The molecule has 1 fully saturated rings. The number of amides is 1. The van der Waals surface area contributed by atoms with Crippen molar-refractivity contribution in [3.05, 3.63) is 29.8 Å². The van der Waals surface area contributed by atoms with Gasteiger partial charge in [-0.15, -0.1) is 0 Å². The van der Waals surface area contributed by atoms with E-state index in [0.29, 0.717) is 12.8 Å². The van der Waals surface area contributed by atoms with Crippen molar-refractivity contribution in [2.75, 3.05) is 7.05 Å². The van der Waals surface area contributed by atoms with E-state index in [1.54, 1.807) is 13.1 Å². The lowest BCUT2D eigenvalue weighted by molar-refractivity contribution is -0.0504. The normalized spacial score (nSPS) is 22.1. The standard InChI is InChI=1S/C15H19F2NO3/c1-18(11-7-3-4-8-12(11)19)14(20)10-6-2-5-9-13(10)21-15(16)17/h2,5-6,9,11-12,15,19H,3-4,7-8H2,1H3. The molecular formula is C15H19F2NO3. The molecule has 2 atom stereocenters. The highest BCUT2D eigenvalue weighted by Gasteiger charge is 2.31. The van der Waals surface area contributed by atoms with E-state index in [9.17, 15) is 18.7 Å². The first-order chi connectivity index (χ1) is 10.0. The Morgan fingerprint density at radius 2 is 2.00 bits per heavy atom. The average molecular weight is 299 g/mol. The van der Waals surface area contributed by atoms with Gasteiger partial charge in [-0.1, -0.05) is 25.0 Å². The number of alkyl halides is 2.